The van der Waals surface area contributed by atoms with Crippen molar-refractivity contribution in [2.75, 3.05) is 6.54 Å². The van der Waals surface area contributed by atoms with Gasteiger partial charge < -0.3 is 0 Å². The van der Waals surface area contributed by atoms with Gasteiger partial charge in [0.15, 0.2) is 0 Å². The minimum Gasteiger partial charge on any atom is -0.289 e. The van der Waals surface area contributed by atoms with Crippen LogP contribution in [-0.4, -0.2) is 17.1 Å². The second-order valence-electron chi connectivity index (χ2n) is 1.97. The quantitative estimate of drug-likeness (QED) is 0.409. The van der Waals surface area contributed by atoms with Crippen molar-refractivity contribution < 1.29 is 0 Å². The fraction of sp³-hybridized carbons (Fsp3) is 0.667. The molecule has 0 aromatic rings. The van der Waals surface area contributed by atoms with E-state index in [0.29, 0.717) is 6.54 Å². The van der Waals surface area contributed by atoms with E-state index in [1.54, 1.807) is 0 Å². The number of thiocarbonyl (C=S) groups is 1. The fourth-order valence-corrected chi connectivity index (χ4v) is 0.334. The smallest absolute Gasteiger partial charge is 0.0698 e. The van der Waals surface area contributed by atoms with Gasteiger partial charge in [-0.25, -0.2) is 0 Å². The molecule has 0 amide bonds. The van der Waals surface area contributed by atoms with Crippen LogP contribution in [0.3, 0.4) is 0 Å². The molecule has 0 aromatic carbocycles. The normalized spacial score (nSPS) is 8.38. The number of hydrogen-bond donors (Lipinski definition) is 0. The summed E-state index contributed by atoms with van der Waals surface area (Å²) >= 11 is 4.81. The van der Waals surface area contributed by atoms with Crippen molar-refractivity contribution in [1.82, 2.24) is 0 Å². The second kappa shape index (κ2) is 3.72. The van der Waals surface area contributed by atoms with Crippen LogP contribution < -0.4 is 0 Å². The highest BCUT2D eigenvalue weighted by atomic mass is 32.1. The molecule has 0 aromatic heterocycles. The first kappa shape index (κ1) is 7.76. The van der Waals surface area contributed by atoms with E-state index in [-0.39, 0.29) is 0 Å². The molecule has 0 aliphatic heterocycles. The number of aliphatic imine (C=N–C) groups is 1. The molecule has 0 rings (SSSR count). The van der Waals surface area contributed by atoms with Crippen molar-refractivity contribution in [2.45, 2.75) is 20.8 Å². The average molecular weight is 129 g/mol. The lowest BCUT2D eigenvalue weighted by Gasteiger charge is -1.88. The third kappa shape index (κ3) is 5.76. The lowest BCUT2D eigenvalue weighted by Crippen LogP contribution is -1.93. The first-order valence-electron chi connectivity index (χ1n) is 2.60. The molecule has 46 valence electrons. The van der Waals surface area contributed by atoms with Gasteiger partial charge in [-0.05, 0) is 20.8 Å². The summed E-state index contributed by atoms with van der Waals surface area (Å²) in [6.45, 7) is 6.55. The highest BCUT2D eigenvalue weighted by molar-refractivity contribution is 7.80. The number of nitrogens with zero attached hydrogens (tertiary/aromatic N) is 1. The van der Waals surface area contributed by atoms with Crippen molar-refractivity contribution in [1.29, 1.82) is 0 Å². The largest absolute Gasteiger partial charge is 0.289 e. The van der Waals surface area contributed by atoms with Crippen molar-refractivity contribution in [3.05, 3.63) is 0 Å². The van der Waals surface area contributed by atoms with Crippen LogP contribution >= 0.6 is 12.2 Å². The van der Waals surface area contributed by atoms with Gasteiger partial charge in [-0.2, -0.15) is 0 Å². The summed E-state index contributed by atoms with van der Waals surface area (Å²) in [4.78, 5) is 5.05. The van der Waals surface area contributed by atoms with Gasteiger partial charge in [-0.15, -0.1) is 0 Å². The Hall–Kier alpha value is -0.240. The van der Waals surface area contributed by atoms with Gasteiger partial charge in [0.1, 0.15) is 0 Å². The Morgan fingerprint density at radius 3 is 2.00 bits per heavy atom. The molecule has 0 heterocycles. The van der Waals surface area contributed by atoms with Crippen LogP contribution in [0.2, 0.25) is 0 Å². The molecule has 0 fully saturated rings. The van der Waals surface area contributed by atoms with Crippen LogP contribution in [0.15, 0.2) is 4.99 Å². The van der Waals surface area contributed by atoms with Crippen LogP contribution in [0.1, 0.15) is 20.8 Å². The molecule has 0 radical (unpaired) electrons. The predicted molar refractivity (Wildman–Crippen MR) is 41.9 cm³/mol. The van der Waals surface area contributed by atoms with Gasteiger partial charge >= 0.3 is 0 Å². The molecular weight excluding hydrogens is 118 g/mol. The van der Waals surface area contributed by atoms with E-state index in [4.69, 9.17) is 12.2 Å². The fourth-order valence-electron chi connectivity index (χ4n) is 0.269. The summed E-state index contributed by atoms with van der Waals surface area (Å²) in [7, 11) is 0. The van der Waals surface area contributed by atoms with Crippen LogP contribution in [0, 0.1) is 0 Å². The first-order valence-corrected chi connectivity index (χ1v) is 3.01. The standard InChI is InChI=1S/C6H11NS/c1-5(2)7-4-6(3)8/h4H2,1-3H3. The highest BCUT2D eigenvalue weighted by Crippen LogP contribution is 1.79. The minimum atomic E-state index is 0.706. The molecule has 0 N–H and O–H groups in total. The molecule has 1 nitrogen and oxygen atoms in total. The van der Waals surface area contributed by atoms with Gasteiger partial charge in [-0.1, -0.05) is 12.2 Å². The van der Waals surface area contributed by atoms with E-state index < -0.39 is 0 Å². The van der Waals surface area contributed by atoms with Crippen molar-refractivity contribution in [3.63, 3.8) is 0 Å². The zero-order valence-electron chi connectivity index (χ0n) is 5.56. The molecule has 0 bridgehead atoms. The van der Waals surface area contributed by atoms with E-state index in [2.05, 4.69) is 4.99 Å². The van der Waals surface area contributed by atoms with Crippen LogP contribution in [0.4, 0.5) is 0 Å². The Morgan fingerprint density at radius 1 is 1.38 bits per heavy atom. The molecule has 0 aliphatic carbocycles. The lowest BCUT2D eigenvalue weighted by atomic mass is 10.4. The Bertz CT molecular complexity index is 112. The summed E-state index contributed by atoms with van der Waals surface area (Å²) in [5.41, 5.74) is 1.09. The number of rotatable bonds is 2. The Labute approximate surface area is 55.8 Å². The summed E-state index contributed by atoms with van der Waals surface area (Å²) in [5.74, 6) is 0. The van der Waals surface area contributed by atoms with E-state index in [1.807, 2.05) is 20.8 Å². The second-order valence-corrected chi connectivity index (χ2v) is 2.66. The van der Waals surface area contributed by atoms with E-state index in [0.717, 1.165) is 10.6 Å². The van der Waals surface area contributed by atoms with Gasteiger partial charge in [-0.3, -0.25) is 4.99 Å². The third-order valence-electron chi connectivity index (χ3n) is 0.618. The molecular formula is C6H11NS. The zero-order valence-corrected chi connectivity index (χ0v) is 6.38. The summed E-state index contributed by atoms with van der Waals surface area (Å²) in [5, 5.41) is 0. The SMILES string of the molecule is CC(=S)CN=C(C)C. The van der Waals surface area contributed by atoms with E-state index >= 15 is 0 Å². The van der Waals surface area contributed by atoms with Crippen LogP contribution in [-0.2, 0) is 0 Å². The molecule has 0 saturated carbocycles. The Morgan fingerprint density at radius 2 is 1.88 bits per heavy atom. The van der Waals surface area contributed by atoms with E-state index in [9.17, 15) is 0 Å². The van der Waals surface area contributed by atoms with Gasteiger partial charge in [0.25, 0.3) is 0 Å². The zero-order chi connectivity index (χ0) is 6.57. The monoisotopic (exact) mass is 129 g/mol. The Kier molecular flexibility index (Phi) is 3.61. The molecule has 2 heteroatoms. The maximum atomic E-state index is 4.81. The molecule has 0 unspecified atom stereocenters. The van der Waals surface area contributed by atoms with Gasteiger partial charge in [0.2, 0.25) is 0 Å². The molecule has 0 spiro atoms. The maximum absolute atomic E-state index is 4.81. The average Bonchev–Trinajstić information content (AvgIpc) is 1.61. The van der Waals surface area contributed by atoms with Crippen molar-refractivity contribution in [2.24, 2.45) is 4.99 Å². The van der Waals surface area contributed by atoms with Crippen molar-refractivity contribution >= 4 is 22.8 Å². The minimum absolute atomic E-state index is 0.706. The molecule has 0 saturated heterocycles. The number of hydrogen-bond acceptors (Lipinski definition) is 2. The topological polar surface area (TPSA) is 12.4 Å². The van der Waals surface area contributed by atoms with Crippen LogP contribution in [0.25, 0.3) is 0 Å². The van der Waals surface area contributed by atoms with E-state index in [1.165, 1.54) is 0 Å². The lowest BCUT2D eigenvalue weighted by molar-refractivity contribution is 1.29. The first-order chi connectivity index (χ1) is 3.63. The third-order valence-corrected chi connectivity index (χ3v) is 0.747. The van der Waals surface area contributed by atoms with Gasteiger partial charge in [0, 0.05) is 10.6 Å². The summed E-state index contributed by atoms with van der Waals surface area (Å²) < 4.78 is 0. The molecule has 0 aliphatic rings. The Balaban J connectivity index is 3.45. The van der Waals surface area contributed by atoms with Crippen LogP contribution in [0.5, 0.6) is 0 Å². The summed E-state index contributed by atoms with van der Waals surface area (Å²) in [6, 6.07) is 0. The molecule has 0 atom stereocenters. The van der Waals surface area contributed by atoms with Crippen molar-refractivity contribution in [3.8, 4) is 0 Å². The maximum Gasteiger partial charge on any atom is 0.0698 e. The summed E-state index contributed by atoms with van der Waals surface area (Å²) in [6.07, 6.45) is 0. The predicted octanol–water partition coefficient (Wildman–Crippen LogP) is 1.86. The van der Waals surface area contributed by atoms with Gasteiger partial charge in [0.05, 0.1) is 6.54 Å². The molecule has 8 heavy (non-hydrogen) atoms. The highest BCUT2D eigenvalue weighted by Gasteiger charge is 1.81.